The van der Waals surface area contributed by atoms with Crippen molar-refractivity contribution in [3.8, 4) is 0 Å². The highest BCUT2D eigenvalue weighted by molar-refractivity contribution is 6.12. The van der Waals surface area contributed by atoms with Crippen LogP contribution in [0.25, 0.3) is 0 Å². The molecule has 0 saturated heterocycles. The zero-order chi connectivity index (χ0) is 9.42. The Labute approximate surface area is 74.1 Å². The number of hydrogen-bond donors (Lipinski definition) is 2. The molecule has 2 aliphatic rings. The van der Waals surface area contributed by atoms with Crippen molar-refractivity contribution in [1.29, 1.82) is 5.41 Å². The molecular formula is C9H6N2O2. The molecule has 0 aromatic carbocycles. The second kappa shape index (κ2) is 2.52. The standard InChI is InChI=1S/C9H6N2O2/c10-6-1-2-7-5(3-6)4-11-8(7)9(12)13/h1-4,10H,(H,12,13). The van der Waals surface area contributed by atoms with E-state index in [-0.39, 0.29) is 5.70 Å². The number of nitrogens with zero attached hydrogens (tertiary/aromatic N) is 1. The van der Waals surface area contributed by atoms with E-state index < -0.39 is 5.97 Å². The topological polar surface area (TPSA) is 73.5 Å². The van der Waals surface area contributed by atoms with E-state index in [2.05, 4.69) is 4.99 Å². The molecule has 4 nitrogen and oxygen atoms in total. The van der Waals surface area contributed by atoms with E-state index in [1.165, 1.54) is 6.21 Å². The van der Waals surface area contributed by atoms with Gasteiger partial charge in [0, 0.05) is 17.4 Å². The fraction of sp³-hybridized carbons (Fsp3) is 0. The highest BCUT2D eigenvalue weighted by Crippen LogP contribution is 2.25. The molecule has 2 rings (SSSR count). The molecule has 1 aliphatic carbocycles. The molecule has 4 heteroatoms. The van der Waals surface area contributed by atoms with Gasteiger partial charge in [0.25, 0.3) is 0 Å². The average Bonchev–Trinajstić information content (AvgIpc) is 2.46. The molecule has 2 N–H and O–H groups in total. The second-order valence-corrected chi connectivity index (χ2v) is 2.71. The molecule has 0 amide bonds. The lowest BCUT2D eigenvalue weighted by Crippen LogP contribution is -2.02. The maximum Gasteiger partial charge on any atom is 0.355 e. The van der Waals surface area contributed by atoms with Crippen molar-refractivity contribution < 1.29 is 9.90 Å². The molecule has 0 atom stereocenters. The molecule has 0 aromatic rings. The Morgan fingerprint density at radius 3 is 2.92 bits per heavy atom. The summed E-state index contributed by atoms with van der Waals surface area (Å²) >= 11 is 0. The highest BCUT2D eigenvalue weighted by atomic mass is 16.4. The number of hydrogen-bond acceptors (Lipinski definition) is 3. The summed E-state index contributed by atoms with van der Waals surface area (Å²) in [7, 11) is 0. The van der Waals surface area contributed by atoms with Crippen molar-refractivity contribution in [1.82, 2.24) is 0 Å². The van der Waals surface area contributed by atoms with Crippen LogP contribution in [0.2, 0.25) is 0 Å². The Morgan fingerprint density at radius 2 is 2.23 bits per heavy atom. The summed E-state index contributed by atoms with van der Waals surface area (Å²) < 4.78 is 0. The van der Waals surface area contributed by atoms with Crippen molar-refractivity contribution >= 4 is 17.9 Å². The summed E-state index contributed by atoms with van der Waals surface area (Å²) in [5.74, 6) is -1.03. The molecule has 0 unspecified atom stereocenters. The number of carbonyl (C=O) groups is 1. The fourth-order valence-corrected chi connectivity index (χ4v) is 1.26. The summed E-state index contributed by atoms with van der Waals surface area (Å²) in [4.78, 5) is 14.4. The van der Waals surface area contributed by atoms with Crippen molar-refractivity contribution in [2.75, 3.05) is 0 Å². The number of carboxylic acids is 1. The summed E-state index contributed by atoms with van der Waals surface area (Å²) in [6, 6.07) is 0. The molecule has 0 saturated carbocycles. The molecule has 0 aromatic heterocycles. The van der Waals surface area contributed by atoms with Crippen LogP contribution in [0, 0.1) is 5.41 Å². The third-order valence-electron chi connectivity index (χ3n) is 1.84. The third-order valence-corrected chi connectivity index (χ3v) is 1.84. The summed E-state index contributed by atoms with van der Waals surface area (Å²) in [5.41, 5.74) is 1.69. The first-order chi connectivity index (χ1) is 6.18. The lowest BCUT2D eigenvalue weighted by Gasteiger charge is -2.03. The van der Waals surface area contributed by atoms with Crippen LogP contribution in [0.15, 0.2) is 40.1 Å². The maximum atomic E-state index is 10.7. The van der Waals surface area contributed by atoms with Gasteiger partial charge in [-0.2, -0.15) is 0 Å². The number of aliphatic carboxylic acids is 1. The van der Waals surface area contributed by atoms with Gasteiger partial charge >= 0.3 is 5.97 Å². The van der Waals surface area contributed by atoms with Gasteiger partial charge in [-0.3, -0.25) is 0 Å². The van der Waals surface area contributed by atoms with Gasteiger partial charge in [0.1, 0.15) is 0 Å². The largest absolute Gasteiger partial charge is 0.476 e. The van der Waals surface area contributed by atoms with E-state index in [1.54, 1.807) is 18.2 Å². The first kappa shape index (κ1) is 7.67. The molecule has 64 valence electrons. The van der Waals surface area contributed by atoms with Gasteiger partial charge in [-0.1, -0.05) is 0 Å². The predicted molar refractivity (Wildman–Crippen MR) is 48.1 cm³/mol. The van der Waals surface area contributed by atoms with Crippen molar-refractivity contribution in [2.24, 2.45) is 4.99 Å². The molecule has 1 heterocycles. The van der Waals surface area contributed by atoms with E-state index in [0.717, 1.165) is 0 Å². The lowest BCUT2D eigenvalue weighted by molar-refractivity contribution is -0.132. The Morgan fingerprint density at radius 1 is 1.46 bits per heavy atom. The minimum Gasteiger partial charge on any atom is -0.476 e. The molecular weight excluding hydrogens is 168 g/mol. The van der Waals surface area contributed by atoms with Gasteiger partial charge in [0.15, 0.2) is 5.70 Å². The average molecular weight is 174 g/mol. The fourth-order valence-electron chi connectivity index (χ4n) is 1.26. The molecule has 0 bridgehead atoms. The van der Waals surface area contributed by atoms with Crippen LogP contribution in [0.5, 0.6) is 0 Å². The minimum atomic E-state index is -1.03. The quantitative estimate of drug-likeness (QED) is 0.620. The molecule has 0 fully saturated rings. The molecule has 0 spiro atoms. The summed E-state index contributed by atoms with van der Waals surface area (Å²) in [6.07, 6.45) is 6.22. The normalized spacial score (nSPS) is 19.1. The van der Waals surface area contributed by atoms with Gasteiger partial charge in [-0.15, -0.1) is 0 Å². The van der Waals surface area contributed by atoms with Crippen molar-refractivity contribution in [2.45, 2.75) is 0 Å². The zero-order valence-electron chi connectivity index (χ0n) is 6.61. The van der Waals surface area contributed by atoms with E-state index in [0.29, 0.717) is 16.9 Å². The molecule has 1 aliphatic heterocycles. The maximum absolute atomic E-state index is 10.7. The highest BCUT2D eigenvalue weighted by Gasteiger charge is 2.21. The number of aliphatic imine (C=N–C) groups is 1. The van der Waals surface area contributed by atoms with Crippen molar-refractivity contribution in [3.05, 3.63) is 35.1 Å². The SMILES string of the molecule is N=C1C=CC2=C(C(=O)O)N=CC2=C1. The van der Waals surface area contributed by atoms with Gasteiger partial charge in [-0.25, -0.2) is 9.79 Å². The van der Waals surface area contributed by atoms with E-state index in [1.807, 2.05) is 0 Å². The Hall–Kier alpha value is -1.97. The zero-order valence-corrected chi connectivity index (χ0v) is 6.61. The van der Waals surface area contributed by atoms with Crippen LogP contribution in [0.1, 0.15) is 0 Å². The number of allylic oxidation sites excluding steroid dienone is 5. The smallest absolute Gasteiger partial charge is 0.355 e. The van der Waals surface area contributed by atoms with Crippen LogP contribution in [-0.4, -0.2) is 23.0 Å². The van der Waals surface area contributed by atoms with E-state index >= 15 is 0 Å². The van der Waals surface area contributed by atoms with Crippen LogP contribution >= 0.6 is 0 Å². The summed E-state index contributed by atoms with van der Waals surface area (Å²) in [6.45, 7) is 0. The number of fused-ring (bicyclic) bond motifs is 1. The number of nitrogens with one attached hydrogen (secondary N) is 1. The predicted octanol–water partition coefficient (Wildman–Crippen LogP) is 0.925. The first-order valence-corrected chi connectivity index (χ1v) is 3.69. The molecule has 13 heavy (non-hydrogen) atoms. The minimum absolute atomic E-state index is 0.0509. The Balaban J connectivity index is 2.54. The van der Waals surface area contributed by atoms with Gasteiger partial charge in [-0.05, 0) is 18.2 Å². The van der Waals surface area contributed by atoms with Crippen molar-refractivity contribution in [3.63, 3.8) is 0 Å². The summed E-state index contributed by atoms with van der Waals surface area (Å²) in [5, 5.41) is 16.1. The van der Waals surface area contributed by atoms with Crippen LogP contribution < -0.4 is 0 Å². The van der Waals surface area contributed by atoms with Crippen LogP contribution in [0.3, 0.4) is 0 Å². The van der Waals surface area contributed by atoms with Gasteiger partial charge < -0.3 is 10.5 Å². The monoisotopic (exact) mass is 174 g/mol. The Bertz CT molecular complexity index is 425. The van der Waals surface area contributed by atoms with Crippen LogP contribution in [0.4, 0.5) is 0 Å². The molecule has 0 radical (unpaired) electrons. The number of rotatable bonds is 1. The van der Waals surface area contributed by atoms with E-state index in [9.17, 15) is 4.79 Å². The Kier molecular flexibility index (Phi) is 1.48. The third kappa shape index (κ3) is 1.12. The lowest BCUT2D eigenvalue weighted by atomic mass is 10.00. The van der Waals surface area contributed by atoms with E-state index in [4.69, 9.17) is 10.5 Å². The first-order valence-electron chi connectivity index (χ1n) is 3.69. The second-order valence-electron chi connectivity index (χ2n) is 2.71. The number of carboxylic acid groups (broad SMARTS) is 1. The van der Waals surface area contributed by atoms with Gasteiger partial charge in [0.05, 0.1) is 5.71 Å². The van der Waals surface area contributed by atoms with Gasteiger partial charge in [0.2, 0.25) is 0 Å². The van der Waals surface area contributed by atoms with Crippen LogP contribution in [-0.2, 0) is 4.79 Å².